The van der Waals surface area contributed by atoms with Crippen molar-refractivity contribution in [2.45, 2.75) is 6.92 Å². The third kappa shape index (κ3) is 6.52. The second kappa shape index (κ2) is 11.6. The summed E-state index contributed by atoms with van der Waals surface area (Å²) in [6.45, 7) is 2.30. The summed E-state index contributed by atoms with van der Waals surface area (Å²) in [5.41, 5.74) is 6.19. The van der Waals surface area contributed by atoms with E-state index in [0.717, 1.165) is 22.1 Å². The van der Waals surface area contributed by atoms with E-state index in [1.807, 2.05) is 48.7 Å². The van der Waals surface area contributed by atoms with Crippen LogP contribution >= 0.6 is 46.1 Å². The van der Waals surface area contributed by atoms with Gasteiger partial charge in [-0.15, -0.1) is 11.3 Å². The second-order valence-corrected chi connectivity index (χ2v) is 9.30. The standard InChI is InChI=1S/C25H19Cl3N4O2S/c1-2-34-23-20(27)11-15(12-21(23)28)13-29-32-24(33)17-5-3-16(4-6-17)22-14-35-25(31-22)30-19-9-7-18(26)8-10-19/h3-14H,2H2,1H3,(H,30,31)(H,32,33)/b29-13-. The molecule has 0 radical (unpaired) electrons. The SMILES string of the molecule is CCOc1c(Cl)cc(/C=N\NC(=O)c2ccc(-c3csc(Nc4ccc(Cl)cc4)n3)cc2)cc1Cl. The monoisotopic (exact) mass is 544 g/mol. The van der Waals surface area contributed by atoms with Gasteiger partial charge in [-0.05, 0) is 61.0 Å². The Morgan fingerprint density at radius 3 is 2.40 bits per heavy atom. The molecule has 2 N–H and O–H groups in total. The smallest absolute Gasteiger partial charge is 0.271 e. The molecular weight excluding hydrogens is 527 g/mol. The zero-order valence-electron chi connectivity index (χ0n) is 18.4. The van der Waals surface area contributed by atoms with Crippen LogP contribution in [0.1, 0.15) is 22.8 Å². The first kappa shape index (κ1) is 25.0. The number of thiazole rings is 1. The predicted octanol–water partition coefficient (Wildman–Crippen LogP) is 7.68. The normalized spacial score (nSPS) is 11.0. The van der Waals surface area contributed by atoms with Crippen molar-refractivity contribution in [3.63, 3.8) is 0 Å². The number of ether oxygens (including phenoxy) is 1. The fraction of sp³-hybridized carbons (Fsp3) is 0.0800. The summed E-state index contributed by atoms with van der Waals surface area (Å²) in [6.07, 6.45) is 1.46. The highest BCUT2D eigenvalue weighted by atomic mass is 35.5. The van der Waals surface area contributed by atoms with Gasteiger partial charge in [0.05, 0.1) is 28.6 Å². The van der Waals surface area contributed by atoms with Gasteiger partial charge in [0.2, 0.25) is 0 Å². The molecular formula is C25H19Cl3N4O2S. The Bertz CT molecular complexity index is 1330. The number of carbonyl (C=O) groups excluding carboxylic acids is 1. The molecule has 0 fully saturated rings. The van der Waals surface area contributed by atoms with Crippen LogP contribution in [-0.2, 0) is 0 Å². The molecule has 178 valence electrons. The molecule has 1 heterocycles. The summed E-state index contributed by atoms with van der Waals surface area (Å²) in [5.74, 6) is 0.0735. The van der Waals surface area contributed by atoms with E-state index in [4.69, 9.17) is 39.5 Å². The van der Waals surface area contributed by atoms with Crippen LogP contribution in [0.4, 0.5) is 10.8 Å². The maximum absolute atomic E-state index is 12.5. The van der Waals surface area contributed by atoms with Gasteiger partial charge in [0, 0.05) is 27.2 Å². The van der Waals surface area contributed by atoms with Gasteiger partial charge >= 0.3 is 0 Å². The minimum absolute atomic E-state index is 0.348. The molecule has 1 amide bonds. The molecule has 0 bridgehead atoms. The molecule has 4 aromatic rings. The quantitative estimate of drug-likeness (QED) is 0.176. The molecule has 0 unspecified atom stereocenters. The van der Waals surface area contributed by atoms with Crippen molar-refractivity contribution in [3.8, 4) is 17.0 Å². The molecule has 0 saturated carbocycles. The van der Waals surface area contributed by atoms with Crippen LogP contribution in [0.25, 0.3) is 11.3 Å². The number of nitrogens with one attached hydrogen (secondary N) is 2. The summed E-state index contributed by atoms with van der Waals surface area (Å²) >= 11 is 19.8. The molecule has 1 aromatic heterocycles. The average molecular weight is 546 g/mol. The summed E-state index contributed by atoms with van der Waals surface area (Å²) in [7, 11) is 0. The zero-order valence-corrected chi connectivity index (χ0v) is 21.5. The van der Waals surface area contributed by atoms with Crippen LogP contribution in [0.3, 0.4) is 0 Å². The van der Waals surface area contributed by atoms with E-state index >= 15 is 0 Å². The van der Waals surface area contributed by atoms with Crippen molar-refractivity contribution in [2.24, 2.45) is 5.10 Å². The maximum Gasteiger partial charge on any atom is 0.271 e. The number of hydrogen-bond acceptors (Lipinski definition) is 6. The number of carbonyl (C=O) groups is 1. The van der Waals surface area contributed by atoms with Crippen molar-refractivity contribution < 1.29 is 9.53 Å². The van der Waals surface area contributed by atoms with E-state index in [2.05, 4.69) is 20.8 Å². The lowest BCUT2D eigenvalue weighted by molar-refractivity contribution is 0.0955. The fourth-order valence-electron chi connectivity index (χ4n) is 3.08. The summed E-state index contributed by atoms with van der Waals surface area (Å²) in [6, 6.07) is 17.8. The highest BCUT2D eigenvalue weighted by molar-refractivity contribution is 7.14. The van der Waals surface area contributed by atoms with Gasteiger partial charge in [-0.1, -0.05) is 46.9 Å². The maximum atomic E-state index is 12.5. The van der Waals surface area contributed by atoms with Gasteiger partial charge in [0.15, 0.2) is 10.9 Å². The van der Waals surface area contributed by atoms with Crippen LogP contribution < -0.4 is 15.5 Å². The number of anilines is 2. The zero-order chi connectivity index (χ0) is 24.8. The fourth-order valence-corrected chi connectivity index (χ4v) is 4.56. The van der Waals surface area contributed by atoms with Gasteiger partial charge in [0.1, 0.15) is 0 Å². The Balaban J connectivity index is 1.37. The lowest BCUT2D eigenvalue weighted by Crippen LogP contribution is -2.17. The topological polar surface area (TPSA) is 75.6 Å². The summed E-state index contributed by atoms with van der Waals surface area (Å²) in [4.78, 5) is 17.1. The van der Waals surface area contributed by atoms with Crippen molar-refractivity contribution in [1.29, 1.82) is 0 Å². The molecule has 10 heteroatoms. The average Bonchev–Trinajstić information content (AvgIpc) is 3.31. The Labute approximate surface area is 221 Å². The molecule has 0 aliphatic heterocycles. The molecule has 0 saturated heterocycles. The number of hydrogen-bond donors (Lipinski definition) is 2. The molecule has 0 aliphatic rings. The van der Waals surface area contributed by atoms with E-state index in [1.165, 1.54) is 17.6 Å². The minimum atomic E-state index is -0.348. The molecule has 0 aliphatic carbocycles. The van der Waals surface area contributed by atoms with Gasteiger partial charge in [-0.3, -0.25) is 4.79 Å². The lowest BCUT2D eigenvalue weighted by Gasteiger charge is -2.08. The van der Waals surface area contributed by atoms with Crippen LogP contribution in [0.15, 0.2) is 71.1 Å². The first-order valence-electron chi connectivity index (χ1n) is 10.5. The second-order valence-electron chi connectivity index (χ2n) is 7.19. The summed E-state index contributed by atoms with van der Waals surface area (Å²) < 4.78 is 5.41. The van der Waals surface area contributed by atoms with E-state index in [0.29, 0.717) is 38.6 Å². The number of hydrazone groups is 1. The number of rotatable bonds is 8. The molecule has 0 atom stereocenters. The van der Waals surface area contributed by atoms with Crippen molar-refractivity contribution in [1.82, 2.24) is 10.4 Å². The molecule has 35 heavy (non-hydrogen) atoms. The number of halogens is 3. The number of benzene rings is 3. The van der Waals surface area contributed by atoms with Crippen LogP contribution in [0.5, 0.6) is 5.75 Å². The van der Waals surface area contributed by atoms with E-state index in [1.54, 1.807) is 24.3 Å². The first-order chi connectivity index (χ1) is 16.9. The largest absolute Gasteiger partial charge is 0.491 e. The minimum Gasteiger partial charge on any atom is -0.491 e. The first-order valence-corrected chi connectivity index (χ1v) is 12.5. The van der Waals surface area contributed by atoms with Crippen molar-refractivity contribution >= 4 is 69.1 Å². The Kier molecular flexibility index (Phi) is 8.25. The van der Waals surface area contributed by atoms with E-state index < -0.39 is 0 Å². The van der Waals surface area contributed by atoms with E-state index in [9.17, 15) is 4.79 Å². The van der Waals surface area contributed by atoms with E-state index in [-0.39, 0.29) is 5.91 Å². The highest BCUT2D eigenvalue weighted by Gasteiger charge is 2.10. The summed E-state index contributed by atoms with van der Waals surface area (Å²) in [5, 5.41) is 11.4. The van der Waals surface area contributed by atoms with Gasteiger partial charge in [0.25, 0.3) is 5.91 Å². The Morgan fingerprint density at radius 1 is 1.06 bits per heavy atom. The molecule has 6 nitrogen and oxygen atoms in total. The lowest BCUT2D eigenvalue weighted by atomic mass is 10.1. The van der Waals surface area contributed by atoms with Crippen LogP contribution in [0, 0.1) is 0 Å². The third-order valence-corrected chi connectivity index (χ3v) is 6.30. The number of aromatic nitrogens is 1. The predicted molar refractivity (Wildman–Crippen MR) is 145 cm³/mol. The number of amides is 1. The van der Waals surface area contributed by atoms with Crippen molar-refractivity contribution in [2.75, 3.05) is 11.9 Å². The molecule has 3 aromatic carbocycles. The molecule has 4 rings (SSSR count). The number of nitrogens with zero attached hydrogens (tertiary/aromatic N) is 2. The van der Waals surface area contributed by atoms with Gasteiger partial charge < -0.3 is 10.1 Å². The molecule has 0 spiro atoms. The highest BCUT2D eigenvalue weighted by Crippen LogP contribution is 2.33. The van der Waals surface area contributed by atoms with Gasteiger partial charge in [-0.25, -0.2) is 10.4 Å². The Morgan fingerprint density at radius 2 is 1.74 bits per heavy atom. The van der Waals surface area contributed by atoms with Crippen LogP contribution in [0.2, 0.25) is 15.1 Å². The Hall–Kier alpha value is -3.10. The van der Waals surface area contributed by atoms with Gasteiger partial charge in [-0.2, -0.15) is 5.10 Å². The third-order valence-electron chi connectivity index (χ3n) is 4.73. The van der Waals surface area contributed by atoms with Crippen molar-refractivity contribution in [3.05, 3.63) is 92.2 Å². The van der Waals surface area contributed by atoms with Crippen LogP contribution in [-0.4, -0.2) is 23.7 Å².